The first-order chi connectivity index (χ1) is 10.9. The van der Waals surface area contributed by atoms with Crippen LogP contribution in [0.15, 0.2) is 42.5 Å². The van der Waals surface area contributed by atoms with Gasteiger partial charge in [-0.1, -0.05) is 29.3 Å². The molecule has 0 aliphatic carbocycles. The average Bonchev–Trinajstić information content (AvgIpc) is 2.48. The Kier molecular flexibility index (Phi) is 5.20. The van der Waals surface area contributed by atoms with Gasteiger partial charge in [0.15, 0.2) is 0 Å². The number of benzene rings is 2. The summed E-state index contributed by atoms with van der Waals surface area (Å²) in [6.45, 7) is 0. The normalized spacial score (nSPS) is 10.7. The molecule has 118 valence electrons. The van der Waals surface area contributed by atoms with Crippen LogP contribution in [0.2, 0.25) is 10.0 Å². The zero-order valence-corrected chi connectivity index (χ0v) is 13.0. The molecule has 0 heterocycles. The second kappa shape index (κ2) is 7.13. The van der Waals surface area contributed by atoms with Crippen molar-refractivity contribution >= 4 is 46.6 Å². The van der Waals surface area contributed by atoms with Crippen LogP contribution in [-0.2, 0) is 4.79 Å². The second-order valence-electron chi connectivity index (χ2n) is 4.45. The van der Waals surface area contributed by atoms with Crippen molar-refractivity contribution in [1.82, 2.24) is 0 Å². The fraction of sp³-hybridized carbons (Fsp3) is 0. The summed E-state index contributed by atoms with van der Waals surface area (Å²) in [7, 11) is 0. The van der Waals surface area contributed by atoms with Crippen molar-refractivity contribution in [2.24, 2.45) is 0 Å². The number of carbonyl (C=O) groups excluding carboxylic acids is 1. The Morgan fingerprint density at radius 3 is 2.61 bits per heavy atom. The molecule has 0 aliphatic heterocycles. The molecule has 0 fully saturated rings. The van der Waals surface area contributed by atoms with Gasteiger partial charge in [0, 0.05) is 28.3 Å². The van der Waals surface area contributed by atoms with Crippen molar-refractivity contribution in [2.45, 2.75) is 0 Å². The third kappa shape index (κ3) is 4.45. The third-order valence-electron chi connectivity index (χ3n) is 2.83. The number of rotatable bonds is 4. The number of amides is 1. The van der Waals surface area contributed by atoms with E-state index < -0.39 is 10.8 Å². The summed E-state index contributed by atoms with van der Waals surface area (Å²) < 4.78 is 0. The van der Waals surface area contributed by atoms with E-state index in [1.165, 1.54) is 18.2 Å². The predicted molar refractivity (Wildman–Crippen MR) is 88.9 cm³/mol. The molecule has 2 aromatic rings. The van der Waals surface area contributed by atoms with E-state index in [-0.39, 0.29) is 17.1 Å². The van der Waals surface area contributed by atoms with Gasteiger partial charge in [-0.2, -0.15) is 0 Å². The van der Waals surface area contributed by atoms with Crippen LogP contribution in [0.1, 0.15) is 5.56 Å². The molecule has 0 spiro atoms. The van der Waals surface area contributed by atoms with Gasteiger partial charge >= 0.3 is 0 Å². The van der Waals surface area contributed by atoms with Crippen LogP contribution >= 0.6 is 23.2 Å². The topological polar surface area (TPSA) is 92.5 Å². The fourth-order valence-electron chi connectivity index (χ4n) is 1.71. The molecule has 8 heteroatoms. The summed E-state index contributed by atoms with van der Waals surface area (Å²) in [6.07, 6.45) is 2.65. The first-order valence-electron chi connectivity index (χ1n) is 6.28. The van der Waals surface area contributed by atoms with E-state index in [1.807, 2.05) is 0 Å². The Morgan fingerprint density at radius 2 is 1.96 bits per heavy atom. The minimum absolute atomic E-state index is 0.0592. The van der Waals surface area contributed by atoms with E-state index in [2.05, 4.69) is 5.32 Å². The van der Waals surface area contributed by atoms with Crippen LogP contribution in [0.25, 0.3) is 6.08 Å². The van der Waals surface area contributed by atoms with Gasteiger partial charge in [-0.05, 0) is 29.8 Å². The van der Waals surface area contributed by atoms with Crippen LogP contribution in [0, 0.1) is 10.1 Å². The molecule has 0 aromatic heterocycles. The number of hydrogen-bond donors (Lipinski definition) is 2. The minimum atomic E-state index is -0.627. The summed E-state index contributed by atoms with van der Waals surface area (Å²) in [4.78, 5) is 21.9. The average molecular weight is 353 g/mol. The molecular weight excluding hydrogens is 343 g/mol. The monoisotopic (exact) mass is 352 g/mol. The van der Waals surface area contributed by atoms with Crippen LogP contribution in [0.3, 0.4) is 0 Å². The van der Waals surface area contributed by atoms with Gasteiger partial charge < -0.3 is 10.4 Å². The fourth-order valence-corrected chi connectivity index (χ4v) is 2.19. The van der Waals surface area contributed by atoms with E-state index in [0.29, 0.717) is 15.6 Å². The van der Waals surface area contributed by atoms with Gasteiger partial charge in [0.05, 0.1) is 10.6 Å². The van der Waals surface area contributed by atoms with Gasteiger partial charge in [-0.15, -0.1) is 0 Å². The Morgan fingerprint density at radius 1 is 1.22 bits per heavy atom. The molecule has 0 radical (unpaired) electrons. The summed E-state index contributed by atoms with van der Waals surface area (Å²) in [5.41, 5.74) is 0.272. The molecule has 2 aromatic carbocycles. The lowest BCUT2D eigenvalue weighted by atomic mass is 10.2. The quantitative estimate of drug-likeness (QED) is 0.372. The van der Waals surface area contributed by atoms with Crippen molar-refractivity contribution in [2.75, 3.05) is 5.32 Å². The lowest BCUT2D eigenvalue weighted by Crippen LogP contribution is -2.08. The van der Waals surface area contributed by atoms with E-state index >= 15 is 0 Å². The number of phenols is 1. The first-order valence-corrected chi connectivity index (χ1v) is 7.04. The highest BCUT2D eigenvalue weighted by molar-refractivity contribution is 6.35. The Bertz CT molecular complexity index is 806. The predicted octanol–water partition coefficient (Wildman–Crippen LogP) is 4.26. The van der Waals surface area contributed by atoms with Crippen molar-refractivity contribution in [1.29, 1.82) is 0 Å². The Balaban J connectivity index is 2.14. The van der Waals surface area contributed by atoms with Crippen molar-refractivity contribution in [3.8, 4) is 5.75 Å². The highest BCUT2D eigenvalue weighted by Crippen LogP contribution is 2.28. The number of nitrogens with zero attached hydrogens (tertiary/aromatic N) is 1. The zero-order valence-electron chi connectivity index (χ0n) is 11.5. The van der Waals surface area contributed by atoms with Crippen molar-refractivity contribution in [3.63, 3.8) is 0 Å². The largest absolute Gasteiger partial charge is 0.506 e. The number of carbonyl (C=O) groups is 1. The van der Waals surface area contributed by atoms with Crippen LogP contribution in [0.4, 0.5) is 11.4 Å². The molecule has 0 unspecified atom stereocenters. The maximum atomic E-state index is 11.8. The summed E-state index contributed by atoms with van der Waals surface area (Å²) in [5.74, 6) is -0.853. The molecule has 0 aliphatic rings. The molecule has 1 amide bonds. The molecule has 2 rings (SSSR count). The maximum Gasteiger partial charge on any atom is 0.271 e. The van der Waals surface area contributed by atoms with E-state index in [9.17, 15) is 20.0 Å². The van der Waals surface area contributed by atoms with Crippen molar-refractivity contribution in [3.05, 3.63) is 68.2 Å². The molecular formula is C15H10Cl2N2O4. The number of non-ortho nitro benzene ring substituents is 1. The van der Waals surface area contributed by atoms with E-state index in [0.717, 1.165) is 18.2 Å². The van der Waals surface area contributed by atoms with Gasteiger partial charge in [0.2, 0.25) is 5.91 Å². The number of nitrogens with one attached hydrogen (secondary N) is 1. The summed E-state index contributed by atoms with van der Waals surface area (Å²) in [6, 6.07) is 8.13. The maximum absolute atomic E-state index is 11.8. The van der Waals surface area contributed by atoms with Crippen molar-refractivity contribution < 1.29 is 14.8 Å². The number of hydrogen-bond acceptors (Lipinski definition) is 4. The SMILES string of the molecule is O=C(/C=C/c1ccc(Cl)cc1Cl)Nc1cc([N+](=O)[O-])ccc1O. The Labute approximate surface area is 141 Å². The lowest BCUT2D eigenvalue weighted by molar-refractivity contribution is -0.384. The van der Waals surface area contributed by atoms with E-state index in [4.69, 9.17) is 23.2 Å². The number of halogens is 2. The standard InChI is InChI=1S/C15H10Cl2N2O4/c16-10-3-1-9(12(17)7-10)2-6-15(21)18-13-8-11(19(22)23)4-5-14(13)20/h1-8,20H,(H,18,21)/b6-2+. The number of aromatic hydroxyl groups is 1. The van der Waals surface area contributed by atoms with Crippen LogP contribution < -0.4 is 5.32 Å². The second-order valence-corrected chi connectivity index (χ2v) is 5.29. The third-order valence-corrected chi connectivity index (χ3v) is 3.39. The summed E-state index contributed by atoms with van der Waals surface area (Å²) >= 11 is 11.7. The molecule has 2 N–H and O–H groups in total. The van der Waals surface area contributed by atoms with Gasteiger partial charge in [-0.3, -0.25) is 14.9 Å². The lowest BCUT2D eigenvalue weighted by Gasteiger charge is -2.05. The smallest absolute Gasteiger partial charge is 0.271 e. The van der Waals surface area contributed by atoms with Crippen LogP contribution in [-0.4, -0.2) is 15.9 Å². The highest BCUT2D eigenvalue weighted by Gasteiger charge is 2.11. The number of nitro benzene ring substituents is 1. The molecule has 0 atom stereocenters. The van der Waals surface area contributed by atoms with Gasteiger partial charge in [0.25, 0.3) is 5.69 Å². The Hall–Kier alpha value is -2.57. The zero-order chi connectivity index (χ0) is 17.0. The van der Waals surface area contributed by atoms with Gasteiger partial charge in [-0.25, -0.2) is 0 Å². The van der Waals surface area contributed by atoms with Crippen LogP contribution in [0.5, 0.6) is 5.75 Å². The summed E-state index contributed by atoms with van der Waals surface area (Å²) in [5, 5.41) is 23.5. The molecule has 0 bridgehead atoms. The number of nitro groups is 1. The van der Waals surface area contributed by atoms with Gasteiger partial charge in [0.1, 0.15) is 5.75 Å². The molecule has 0 saturated heterocycles. The minimum Gasteiger partial charge on any atom is -0.506 e. The molecule has 6 nitrogen and oxygen atoms in total. The molecule has 23 heavy (non-hydrogen) atoms. The first kappa shape index (κ1) is 16.8. The number of phenolic OH excluding ortho intramolecular Hbond substituents is 1. The highest BCUT2D eigenvalue weighted by atomic mass is 35.5. The number of anilines is 1. The molecule has 0 saturated carbocycles. The van der Waals surface area contributed by atoms with E-state index in [1.54, 1.807) is 12.1 Å².